The van der Waals surface area contributed by atoms with Crippen LogP contribution in [0.3, 0.4) is 0 Å². The lowest BCUT2D eigenvalue weighted by Crippen LogP contribution is -2.14. The van der Waals surface area contributed by atoms with E-state index in [-0.39, 0.29) is 11.8 Å². The van der Waals surface area contributed by atoms with E-state index in [9.17, 15) is 4.79 Å². The second-order valence-electron chi connectivity index (χ2n) is 5.93. The Hall–Kier alpha value is -2.40. The topological polar surface area (TPSA) is 51.2 Å². The van der Waals surface area contributed by atoms with Crippen LogP contribution in [0.4, 0.5) is 5.13 Å². The lowest BCUT2D eigenvalue weighted by Gasteiger charge is -2.01. The molecular weight excluding hydrogens is 320 g/mol. The Morgan fingerprint density at radius 1 is 1.29 bits per heavy atom. The molecule has 24 heavy (non-hydrogen) atoms. The summed E-state index contributed by atoms with van der Waals surface area (Å²) in [5.74, 6) is 1.29. The number of carbonyl (C=O) groups excluding carboxylic acids is 1. The van der Waals surface area contributed by atoms with E-state index in [2.05, 4.69) is 22.4 Å². The number of nitrogens with one attached hydrogen (secondary N) is 1. The van der Waals surface area contributed by atoms with E-state index in [0.29, 0.717) is 17.7 Å². The molecule has 1 fully saturated rings. The summed E-state index contributed by atoms with van der Waals surface area (Å²) in [5, 5.41) is 3.63. The Morgan fingerprint density at radius 2 is 2.12 bits per heavy atom. The largest absolute Gasteiger partial charge is 0.494 e. The number of ether oxygens (including phenoxy) is 1. The number of rotatable bonds is 5. The number of thiazole rings is 1. The van der Waals surface area contributed by atoms with Crippen LogP contribution in [0.1, 0.15) is 24.8 Å². The van der Waals surface area contributed by atoms with Crippen molar-refractivity contribution >= 4 is 32.6 Å². The Balaban J connectivity index is 1.45. The first kappa shape index (κ1) is 15.1. The van der Waals surface area contributed by atoms with Gasteiger partial charge in [-0.2, -0.15) is 0 Å². The van der Waals surface area contributed by atoms with Crippen LogP contribution in [0.15, 0.2) is 48.5 Å². The summed E-state index contributed by atoms with van der Waals surface area (Å²) in [6.45, 7) is 2.60. The molecule has 3 aromatic rings. The second kappa shape index (κ2) is 6.24. The molecule has 0 radical (unpaired) electrons. The van der Waals surface area contributed by atoms with Crippen LogP contribution in [0, 0.1) is 5.92 Å². The van der Waals surface area contributed by atoms with Gasteiger partial charge in [-0.1, -0.05) is 41.7 Å². The molecule has 0 saturated heterocycles. The molecule has 1 saturated carbocycles. The van der Waals surface area contributed by atoms with E-state index in [1.807, 2.05) is 43.3 Å². The molecule has 5 heteroatoms. The van der Waals surface area contributed by atoms with E-state index in [0.717, 1.165) is 22.4 Å². The maximum absolute atomic E-state index is 12.4. The zero-order valence-corrected chi connectivity index (χ0v) is 14.2. The molecule has 2 aromatic carbocycles. The number of hydrogen-bond donors (Lipinski definition) is 1. The van der Waals surface area contributed by atoms with Crippen molar-refractivity contribution in [2.75, 3.05) is 11.9 Å². The fourth-order valence-corrected chi connectivity index (χ4v) is 3.86. The van der Waals surface area contributed by atoms with Crippen molar-refractivity contribution in [1.82, 2.24) is 4.98 Å². The van der Waals surface area contributed by atoms with Crippen LogP contribution in [0.5, 0.6) is 5.75 Å². The fraction of sp³-hybridized carbons (Fsp3) is 0.263. The van der Waals surface area contributed by atoms with Gasteiger partial charge >= 0.3 is 0 Å². The van der Waals surface area contributed by atoms with Crippen LogP contribution in [0.2, 0.25) is 0 Å². The van der Waals surface area contributed by atoms with E-state index in [4.69, 9.17) is 4.74 Å². The van der Waals surface area contributed by atoms with Crippen LogP contribution < -0.4 is 10.1 Å². The number of nitrogens with zero attached hydrogens (tertiary/aromatic N) is 1. The minimum absolute atomic E-state index is 0.0541. The number of hydrogen-bond acceptors (Lipinski definition) is 4. The van der Waals surface area contributed by atoms with Gasteiger partial charge in [0.05, 0.1) is 16.8 Å². The van der Waals surface area contributed by atoms with E-state index in [1.54, 1.807) is 0 Å². The normalized spacial score (nSPS) is 19.2. The van der Waals surface area contributed by atoms with Crippen molar-refractivity contribution in [2.24, 2.45) is 5.92 Å². The molecule has 0 unspecified atom stereocenters. The summed E-state index contributed by atoms with van der Waals surface area (Å²) < 4.78 is 6.53. The molecule has 1 amide bonds. The summed E-state index contributed by atoms with van der Waals surface area (Å²) in [7, 11) is 0. The highest BCUT2D eigenvalue weighted by atomic mass is 32.1. The van der Waals surface area contributed by atoms with Crippen LogP contribution in [-0.4, -0.2) is 17.5 Å². The summed E-state index contributed by atoms with van der Waals surface area (Å²) in [6.07, 6.45) is 0.912. The van der Waals surface area contributed by atoms with Gasteiger partial charge in [0.25, 0.3) is 0 Å². The highest BCUT2D eigenvalue weighted by molar-refractivity contribution is 7.22. The maximum atomic E-state index is 12.4. The molecule has 0 aliphatic heterocycles. The third kappa shape index (κ3) is 2.99. The molecule has 0 bridgehead atoms. The third-order valence-corrected chi connectivity index (χ3v) is 5.19. The number of fused-ring (bicyclic) bond motifs is 1. The summed E-state index contributed by atoms with van der Waals surface area (Å²) >= 11 is 1.48. The molecule has 4 nitrogen and oxygen atoms in total. The third-order valence-electron chi connectivity index (χ3n) is 4.26. The smallest absolute Gasteiger partial charge is 0.229 e. The molecule has 4 rings (SSSR count). The quantitative estimate of drug-likeness (QED) is 0.748. The van der Waals surface area contributed by atoms with Gasteiger partial charge in [-0.15, -0.1) is 0 Å². The highest BCUT2D eigenvalue weighted by Crippen LogP contribution is 2.48. The summed E-state index contributed by atoms with van der Waals surface area (Å²) in [4.78, 5) is 16.9. The van der Waals surface area contributed by atoms with Crippen molar-refractivity contribution in [3.8, 4) is 5.75 Å². The van der Waals surface area contributed by atoms with Gasteiger partial charge in [-0.3, -0.25) is 4.79 Å². The van der Waals surface area contributed by atoms with E-state index >= 15 is 0 Å². The predicted octanol–water partition coefficient (Wildman–Crippen LogP) is 4.44. The van der Waals surface area contributed by atoms with Gasteiger partial charge in [0, 0.05) is 5.92 Å². The minimum atomic E-state index is 0.0541. The van der Waals surface area contributed by atoms with Gasteiger partial charge in [-0.25, -0.2) is 4.98 Å². The predicted molar refractivity (Wildman–Crippen MR) is 96.7 cm³/mol. The van der Waals surface area contributed by atoms with Crippen LogP contribution in [-0.2, 0) is 4.79 Å². The second-order valence-corrected chi connectivity index (χ2v) is 6.96. The van der Waals surface area contributed by atoms with E-state index in [1.165, 1.54) is 16.9 Å². The lowest BCUT2D eigenvalue weighted by atomic mass is 10.1. The lowest BCUT2D eigenvalue weighted by molar-refractivity contribution is -0.117. The Bertz CT molecular complexity index is 875. The Labute approximate surface area is 144 Å². The first-order valence-corrected chi connectivity index (χ1v) is 8.95. The van der Waals surface area contributed by atoms with Gasteiger partial charge in [-0.05, 0) is 43.0 Å². The number of aromatic nitrogens is 1. The zero-order chi connectivity index (χ0) is 16.5. The van der Waals surface area contributed by atoms with E-state index < -0.39 is 0 Å². The van der Waals surface area contributed by atoms with Gasteiger partial charge in [0.2, 0.25) is 5.91 Å². The molecule has 0 spiro atoms. The van der Waals surface area contributed by atoms with Crippen molar-refractivity contribution in [3.05, 3.63) is 54.1 Å². The maximum Gasteiger partial charge on any atom is 0.229 e. The average molecular weight is 338 g/mol. The average Bonchev–Trinajstić information content (AvgIpc) is 3.30. The number of amides is 1. The fourth-order valence-electron chi connectivity index (χ4n) is 2.97. The molecule has 1 aliphatic carbocycles. The molecule has 1 N–H and O–H groups in total. The van der Waals surface area contributed by atoms with Crippen LogP contribution >= 0.6 is 11.3 Å². The standard InChI is InChI=1S/C19H18N2O2S/c1-2-23-13-8-9-16-17(10-13)24-19(20-16)21-18(22)15-11-14(15)12-6-4-3-5-7-12/h3-10,14-15H,2,11H2,1H3,(H,20,21,22)/t14-,15-/m0/s1. The van der Waals surface area contributed by atoms with Crippen molar-refractivity contribution in [1.29, 1.82) is 0 Å². The molecule has 122 valence electrons. The van der Waals surface area contributed by atoms with Crippen molar-refractivity contribution in [3.63, 3.8) is 0 Å². The Morgan fingerprint density at radius 3 is 2.92 bits per heavy atom. The SMILES string of the molecule is CCOc1ccc2nc(NC(=O)[C@H]3C[C@H]3c3ccccc3)sc2c1. The molecule has 2 atom stereocenters. The molecular formula is C19H18N2O2S. The van der Waals surface area contributed by atoms with Gasteiger partial charge < -0.3 is 10.1 Å². The minimum Gasteiger partial charge on any atom is -0.494 e. The Kier molecular flexibility index (Phi) is 3.94. The first-order valence-electron chi connectivity index (χ1n) is 8.14. The number of carbonyl (C=O) groups is 1. The summed E-state index contributed by atoms with van der Waals surface area (Å²) in [5.41, 5.74) is 2.12. The highest BCUT2D eigenvalue weighted by Gasteiger charge is 2.44. The molecule has 1 aliphatic rings. The van der Waals surface area contributed by atoms with Gasteiger partial charge in [0.1, 0.15) is 5.75 Å². The monoisotopic (exact) mass is 338 g/mol. The molecule has 1 aromatic heterocycles. The first-order chi connectivity index (χ1) is 11.7. The van der Waals surface area contributed by atoms with Crippen LogP contribution in [0.25, 0.3) is 10.2 Å². The van der Waals surface area contributed by atoms with Gasteiger partial charge in [0.15, 0.2) is 5.13 Å². The van der Waals surface area contributed by atoms with Crippen molar-refractivity contribution < 1.29 is 9.53 Å². The zero-order valence-electron chi connectivity index (χ0n) is 13.4. The summed E-state index contributed by atoms with van der Waals surface area (Å²) in [6, 6.07) is 16.0. The molecule has 1 heterocycles. The number of benzene rings is 2. The van der Waals surface area contributed by atoms with Crippen molar-refractivity contribution in [2.45, 2.75) is 19.3 Å². The number of anilines is 1.